The number of nitrogens with one attached hydrogen (secondary N) is 1. The Hall–Kier alpha value is -3.17. The number of benzene rings is 3. The van der Waals surface area contributed by atoms with Crippen LogP contribution in [0.3, 0.4) is 0 Å². The molecule has 9 heteroatoms. The fourth-order valence-electron chi connectivity index (χ4n) is 4.41. The summed E-state index contributed by atoms with van der Waals surface area (Å²) in [6.45, 7) is 9.56. The molecule has 0 radical (unpaired) electrons. The molecule has 0 fully saturated rings. The molecule has 7 nitrogen and oxygen atoms in total. The van der Waals surface area contributed by atoms with E-state index in [0.717, 1.165) is 43.9 Å². The number of carbonyl (C=O) groups is 2. The number of halogens is 1. The van der Waals surface area contributed by atoms with Gasteiger partial charge in [-0.25, -0.2) is 8.42 Å². The molecule has 0 aromatic heterocycles. The molecule has 0 aliphatic carbocycles. The highest BCUT2D eigenvalue weighted by molar-refractivity contribution is 9.10. The van der Waals surface area contributed by atoms with Crippen molar-refractivity contribution in [1.29, 1.82) is 0 Å². The zero-order chi connectivity index (χ0) is 29.4. The lowest BCUT2D eigenvalue weighted by atomic mass is 10.1. The minimum atomic E-state index is -4.10. The van der Waals surface area contributed by atoms with Crippen LogP contribution < -0.4 is 9.62 Å². The number of sulfonamides is 1. The van der Waals surface area contributed by atoms with Gasteiger partial charge in [-0.1, -0.05) is 65.2 Å². The van der Waals surface area contributed by atoms with Crippen LogP contribution in [0.15, 0.2) is 76.1 Å². The van der Waals surface area contributed by atoms with Gasteiger partial charge >= 0.3 is 0 Å². The fraction of sp³-hybridized carbons (Fsp3) is 0.355. The van der Waals surface area contributed by atoms with Gasteiger partial charge in [-0.2, -0.15) is 0 Å². The highest BCUT2D eigenvalue weighted by Crippen LogP contribution is 2.27. The Bertz CT molecular complexity index is 1420. The molecule has 1 atom stereocenters. The second-order valence-electron chi connectivity index (χ2n) is 10.1. The molecule has 3 rings (SSSR count). The Kier molecular flexibility index (Phi) is 10.9. The normalized spacial score (nSPS) is 12.1. The Morgan fingerprint density at radius 1 is 0.925 bits per heavy atom. The fourth-order valence-corrected chi connectivity index (χ4v) is 6.26. The van der Waals surface area contributed by atoms with Crippen LogP contribution in [0.5, 0.6) is 0 Å². The zero-order valence-corrected chi connectivity index (χ0v) is 26.2. The minimum Gasteiger partial charge on any atom is -0.354 e. The Morgan fingerprint density at radius 2 is 1.57 bits per heavy atom. The quantitative estimate of drug-likeness (QED) is 0.253. The molecule has 3 aromatic rings. The molecule has 0 spiro atoms. The molecule has 214 valence electrons. The largest absolute Gasteiger partial charge is 0.354 e. The summed E-state index contributed by atoms with van der Waals surface area (Å²) >= 11 is 3.47. The van der Waals surface area contributed by atoms with Crippen molar-refractivity contribution in [3.63, 3.8) is 0 Å². The summed E-state index contributed by atoms with van der Waals surface area (Å²) in [7, 11) is -4.10. The third-order valence-corrected chi connectivity index (χ3v) is 8.90. The lowest BCUT2D eigenvalue weighted by molar-refractivity contribution is -0.139. The summed E-state index contributed by atoms with van der Waals surface area (Å²) in [6.07, 6.45) is 1.75. The molecule has 0 saturated carbocycles. The van der Waals surface area contributed by atoms with Crippen LogP contribution in [0.4, 0.5) is 5.69 Å². The SMILES string of the molecule is CCCCNC(=O)[C@H](C)N(Cc1cccc(Br)c1)C(=O)CN(c1cc(C)cc(C)c1)S(=O)(=O)c1ccc(C)cc1. The van der Waals surface area contributed by atoms with E-state index in [1.165, 1.54) is 4.90 Å². The van der Waals surface area contributed by atoms with Gasteiger partial charge in [0.05, 0.1) is 10.6 Å². The number of aryl methyl sites for hydroxylation is 3. The molecule has 2 amide bonds. The van der Waals surface area contributed by atoms with Crippen molar-refractivity contribution >= 4 is 43.5 Å². The Morgan fingerprint density at radius 3 is 2.17 bits per heavy atom. The number of hydrogen-bond donors (Lipinski definition) is 1. The van der Waals surface area contributed by atoms with Crippen molar-refractivity contribution in [2.75, 3.05) is 17.4 Å². The molecule has 0 aliphatic rings. The minimum absolute atomic E-state index is 0.0916. The first-order chi connectivity index (χ1) is 18.9. The number of nitrogens with zero attached hydrogens (tertiary/aromatic N) is 2. The van der Waals surface area contributed by atoms with Crippen LogP contribution in [0.2, 0.25) is 0 Å². The molecule has 0 saturated heterocycles. The first kappa shape index (κ1) is 31.4. The van der Waals surface area contributed by atoms with E-state index < -0.39 is 28.5 Å². The summed E-state index contributed by atoms with van der Waals surface area (Å²) < 4.78 is 29.9. The summed E-state index contributed by atoms with van der Waals surface area (Å²) in [5.41, 5.74) is 3.89. The molecule has 3 aromatic carbocycles. The van der Waals surface area contributed by atoms with E-state index in [9.17, 15) is 18.0 Å². The van der Waals surface area contributed by atoms with Crippen LogP contribution >= 0.6 is 15.9 Å². The smallest absolute Gasteiger partial charge is 0.264 e. The van der Waals surface area contributed by atoms with Gasteiger partial charge in [0.2, 0.25) is 11.8 Å². The second kappa shape index (κ2) is 13.9. The molecule has 0 bridgehead atoms. The van der Waals surface area contributed by atoms with Crippen molar-refractivity contribution in [1.82, 2.24) is 10.2 Å². The van der Waals surface area contributed by atoms with E-state index in [4.69, 9.17) is 0 Å². The predicted molar refractivity (Wildman–Crippen MR) is 164 cm³/mol. The van der Waals surface area contributed by atoms with Crippen LogP contribution in [0.1, 0.15) is 48.9 Å². The third-order valence-electron chi connectivity index (χ3n) is 6.62. The van der Waals surface area contributed by atoms with E-state index in [0.29, 0.717) is 12.2 Å². The van der Waals surface area contributed by atoms with Crippen molar-refractivity contribution in [2.45, 2.75) is 64.9 Å². The van der Waals surface area contributed by atoms with Crippen LogP contribution in [0, 0.1) is 20.8 Å². The van der Waals surface area contributed by atoms with E-state index >= 15 is 0 Å². The molecular weight excluding hydrogens is 590 g/mol. The number of amides is 2. The number of anilines is 1. The van der Waals surface area contributed by atoms with Gasteiger partial charge in [0.15, 0.2) is 0 Å². The Balaban J connectivity index is 2.03. The van der Waals surface area contributed by atoms with Crippen LogP contribution in [-0.2, 0) is 26.2 Å². The van der Waals surface area contributed by atoms with E-state index in [1.807, 2.05) is 58.0 Å². The summed E-state index contributed by atoms with van der Waals surface area (Å²) in [6, 6.07) is 18.7. The van der Waals surface area contributed by atoms with Gasteiger partial charge in [-0.15, -0.1) is 0 Å². The van der Waals surface area contributed by atoms with Crippen molar-refractivity contribution in [3.05, 3.63) is 93.5 Å². The summed E-state index contributed by atoms with van der Waals surface area (Å²) in [4.78, 5) is 28.6. The maximum Gasteiger partial charge on any atom is 0.264 e. The number of unbranched alkanes of at least 4 members (excludes halogenated alkanes) is 1. The third kappa shape index (κ3) is 8.17. The molecule has 1 N–H and O–H groups in total. The number of hydrogen-bond acceptors (Lipinski definition) is 4. The topological polar surface area (TPSA) is 86.8 Å². The average molecular weight is 629 g/mol. The second-order valence-corrected chi connectivity index (χ2v) is 12.9. The average Bonchev–Trinajstić information content (AvgIpc) is 2.89. The Labute approximate surface area is 246 Å². The molecule has 0 aliphatic heterocycles. The number of rotatable bonds is 12. The molecule has 0 heterocycles. The van der Waals surface area contributed by atoms with Gasteiger partial charge < -0.3 is 10.2 Å². The van der Waals surface area contributed by atoms with Crippen molar-refractivity contribution < 1.29 is 18.0 Å². The monoisotopic (exact) mass is 627 g/mol. The summed E-state index contributed by atoms with van der Waals surface area (Å²) in [5, 5.41) is 2.90. The van der Waals surface area contributed by atoms with E-state index in [1.54, 1.807) is 43.3 Å². The molecular formula is C31H38BrN3O4S. The first-order valence-corrected chi connectivity index (χ1v) is 15.6. The molecule has 40 heavy (non-hydrogen) atoms. The molecule has 0 unspecified atom stereocenters. The first-order valence-electron chi connectivity index (χ1n) is 13.4. The van der Waals surface area contributed by atoms with Gasteiger partial charge in [0.25, 0.3) is 10.0 Å². The highest BCUT2D eigenvalue weighted by atomic mass is 79.9. The lowest BCUT2D eigenvalue weighted by Crippen LogP contribution is -2.51. The highest BCUT2D eigenvalue weighted by Gasteiger charge is 2.32. The van der Waals surface area contributed by atoms with Crippen LogP contribution in [0.25, 0.3) is 0 Å². The standard InChI is InChI=1S/C31H38BrN3O4S/c1-6-7-15-33-31(37)25(5)34(20-26-9-8-10-27(32)19-26)30(36)21-35(28-17-23(3)16-24(4)18-28)40(38,39)29-13-11-22(2)12-14-29/h8-14,16-19,25H,6-7,15,20-21H2,1-5H3,(H,33,37)/t25-/m0/s1. The number of carbonyl (C=O) groups excluding carboxylic acids is 2. The van der Waals surface area contributed by atoms with Crippen molar-refractivity contribution in [3.8, 4) is 0 Å². The zero-order valence-electron chi connectivity index (χ0n) is 23.8. The van der Waals surface area contributed by atoms with E-state index in [2.05, 4.69) is 21.2 Å². The predicted octanol–water partition coefficient (Wildman–Crippen LogP) is 5.90. The maximum absolute atomic E-state index is 14.0. The van der Waals surface area contributed by atoms with Crippen LogP contribution in [-0.4, -0.2) is 44.3 Å². The van der Waals surface area contributed by atoms with Crippen molar-refractivity contribution in [2.24, 2.45) is 0 Å². The van der Waals surface area contributed by atoms with Gasteiger partial charge in [-0.3, -0.25) is 13.9 Å². The van der Waals surface area contributed by atoms with E-state index in [-0.39, 0.29) is 17.3 Å². The van der Waals surface area contributed by atoms with Gasteiger partial charge in [0, 0.05) is 17.6 Å². The van der Waals surface area contributed by atoms with Gasteiger partial charge in [-0.05, 0) is 87.2 Å². The maximum atomic E-state index is 14.0. The summed E-state index contributed by atoms with van der Waals surface area (Å²) in [5.74, 6) is -0.760. The van der Waals surface area contributed by atoms with Gasteiger partial charge in [0.1, 0.15) is 12.6 Å². The lowest BCUT2D eigenvalue weighted by Gasteiger charge is -2.32.